The second-order valence-electron chi connectivity index (χ2n) is 6.97. The number of halogens is 3. The number of azide groups is 1. The Kier molecular flexibility index (Phi) is 6.87. The molecular weight excluding hydrogens is 445 g/mol. The van der Waals surface area contributed by atoms with Crippen molar-refractivity contribution in [3.8, 4) is 16.9 Å². The van der Waals surface area contributed by atoms with Gasteiger partial charge in [-0.25, -0.2) is 18.2 Å². The third-order valence-corrected chi connectivity index (χ3v) is 5.63. The maximum Gasteiger partial charge on any atom is 0.435 e. The first kappa shape index (κ1) is 23.3. The van der Waals surface area contributed by atoms with Gasteiger partial charge in [-0.1, -0.05) is 29.4 Å². The fraction of sp³-hybridized carbons (Fsp3) is 0.250. The van der Waals surface area contributed by atoms with Gasteiger partial charge in [0.05, 0.1) is 16.3 Å². The predicted molar refractivity (Wildman–Crippen MR) is 112 cm³/mol. The van der Waals surface area contributed by atoms with E-state index in [0.717, 1.165) is 35.6 Å². The van der Waals surface area contributed by atoms with Crippen LogP contribution in [0.3, 0.4) is 0 Å². The van der Waals surface area contributed by atoms with E-state index in [2.05, 4.69) is 15.1 Å². The first-order valence-corrected chi connectivity index (χ1v) is 11.0. The monoisotopic (exact) mass is 464 g/mol. The second kappa shape index (κ2) is 9.43. The molecule has 0 aliphatic carbocycles. The van der Waals surface area contributed by atoms with Gasteiger partial charge in [-0.3, -0.25) is 0 Å². The number of nitrogens with two attached hydrogens (primary N) is 1. The average Bonchev–Trinajstić information content (AvgIpc) is 3.20. The van der Waals surface area contributed by atoms with Gasteiger partial charge in [0, 0.05) is 17.0 Å². The number of aromatic nitrogens is 2. The molecule has 0 aliphatic heterocycles. The highest BCUT2D eigenvalue weighted by atomic mass is 32.2. The number of sulfonamides is 1. The van der Waals surface area contributed by atoms with E-state index in [0.29, 0.717) is 12.1 Å². The summed E-state index contributed by atoms with van der Waals surface area (Å²) in [6.07, 6.45) is -2.36. The molecule has 0 saturated heterocycles. The zero-order valence-corrected chi connectivity index (χ0v) is 17.5. The molecule has 0 aliphatic rings. The molecule has 0 bridgehead atoms. The van der Waals surface area contributed by atoms with Crippen LogP contribution in [0.15, 0.2) is 64.6 Å². The first-order valence-electron chi connectivity index (χ1n) is 9.50. The zero-order chi connectivity index (χ0) is 23.4. The SMILES string of the molecule is [N-]=[N+]=NCCCCc1ccc(-c2cc(C(F)(F)F)nn2-c2ccc(S(N)(=O)=O)cc2)cc1. The van der Waals surface area contributed by atoms with Crippen LogP contribution in [0.1, 0.15) is 24.1 Å². The van der Waals surface area contributed by atoms with Crippen LogP contribution in [0.5, 0.6) is 0 Å². The topological polar surface area (TPSA) is 127 Å². The standard InChI is InChI=1S/C20H19F3N6O2S/c21-20(22,23)19-13-18(15-6-4-14(5-7-15)3-1-2-12-26-28-24)29(27-19)16-8-10-17(11-9-16)32(25,30)31/h4-11,13H,1-3,12H2,(H2,25,30,31). The Bertz CT molecular complexity index is 1230. The lowest BCUT2D eigenvalue weighted by atomic mass is 10.0. The van der Waals surface area contributed by atoms with Gasteiger partial charge in [-0.2, -0.15) is 18.3 Å². The molecule has 1 heterocycles. The first-order chi connectivity index (χ1) is 15.1. The van der Waals surface area contributed by atoms with Crippen LogP contribution in [0.2, 0.25) is 0 Å². The molecular formula is C20H19F3N6O2S. The number of unbranched alkanes of at least 4 members (excludes halogenated alkanes) is 1. The molecule has 3 rings (SSSR count). The molecule has 0 amide bonds. The Morgan fingerprint density at radius 2 is 1.72 bits per heavy atom. The minimum absolute atomic E-state index is 0.157. The molecule has 0 fully saturated rings. The summed E-state index contributed by atoms with van der Waals surface area (Å²) in [7, 11) is -3.93. The third kappa shape index (κ3) is 5.67. The number of nitrogens with zero attached hydrogens (tertiary/aromatic N) is 5. The third-order valence-electron chi connectivity index (χ3n) is 4.70. The summed E-state index contributed by atoms with van der Waals surface area (Å²) in [6.45, 7) is 0.415. The average molecular weight is 464 g/mol. The van der Waals surface area contributed by atoms with Gasteiger partial charge in [0.25, 0.3) is 0 Å². The number of aryl methyl sites for hydroxylation is 1. The minimum atomic E-state index is -4.65. The molecule has 168 valence electrons. The van der Waals surface area contributed by atoms with Crippen LogP contribution in [-0.4, -0.2) is 24.7 Å². The molecule has 0 spiro atoms. The van der Waals surface area contributed by atoms with Gasteiger partial charge in [0.1, 0.15) is 0 Å². The number of hydrogen-bond donors (Lipinski definition) is 1. The zero-order valence-electron chi connectivity index (χ0n) is 16.7. The summed E-state index contributed by atoms with van der Waals surface area (Å²) in [6, 6.07) is 13.1. The summed E-state index contributed by atoms with van der Waals surface area (Å²) in [5.74, 6) is 0. The molecule has 3 aromatic rings. The Morgan fingerprint density at radius 3 is 2.28 bits per heavy atom. The van der Waals surface area contributed by atoms with Crippen molar-refractivity contribution in [1.82, 2.24) is 9.78 Å². The molecule has 0 saturated carbocycles. The molecule has 12 heteroatoms. The summed E-state index contributed by atoms with van der Waals surface area (Å²) >= 11 is 0. The van der Waals surface area contributed by atoms with E-state index < -0.39 is 21.9 Å². The second-order valence-corrected chi connectivity index (χ2v) is 8.53. The predicted octanol–water partition coefficient (Wildman–Crippen LogP) is 4.84. The molecule has 8 nitrogen and oxygen atoms in total. The van der Waals surface area contributed by atoms with Crippen molar-refractivity contribution in [2.24, 2.45) is 10.3 Å². The number of rotatable bonds is 8. The lowest BCUT2D eigenvalue weighted by Crippen LogP contribution is -2.12. The van der Waals surface area contributed by atoms with E-state index in [9.17, 15) is 21.6 Å². The quantitative estimate of drug-likeness (QED) is 0.222. The molecule has 0 atom stereocenters. The van der Waals surface area contributed by atoms with Crippen LogP contribution in [0.4, 0.5) is 13.2 Å². The van der Waals surface area contributed by atoms with Crippen molar-refractivity contribution in [2.45, 2.75) is 30.3 Å². The molecule has 2 aromatic carbocycles. The Balaban J connectivity index is 1.92. The highest BCUT2D eigenvalue weighted by Gasteiger charge is 2.35. The van der Waals surface area contributed by atoms with Crippen LogP contribution in [-0.2, 0) is 22.6 Å². The molecule has 0 unspecified atom stereocenters. The Labute approximate surface area is 182 Å². The summed E-state index contributed by atoms with van der Waals surface area (Å²) in [4.78, 5) is 2.54. The lowest BCUT2D eigenvalue weighted by molar-refractivity contribution is -0.141. The van der Waals surface area contributed by atoms with Gasteiger partial charge in [-0.15, -0.1) is 0 Å². The highest BCUT2D eigenvalue weighted by Crippen LogP contribution is 2.33. The van der Waals surface area contributed by atoms with Crippen molar-refractivity contribution >= 4 is 10.0 Å². The summed E-state index contributed by atoms with van der Waals surface area (Å²) < 4.78 is 64.0. The van der Waals surface area contributed by atoms with Gasteiger partial charge >= 0.3 is 6.18 Å². The van der Waals surface area contributed by atoms with Crippen molar-refractivity contribution in [3.63, 3.8) is 0 Å². The summed E-state index contributed by atoms with van der Waals surface area (Å²) in [5, 5.41) is 12.2. The normalized spacial score (nSPS) is 11.9. The van der Waals surface area contributed by atoms with Crippen molar-refractivity contribution in [1.29, 1.82) is 0 Å². The molecule has 32 heavy (non-hydrogen) atoms. The number of benzene rings is 2. The van der Waals surface area contributed by atoms with E-state index in [1.807, 2.05) is 12.1 Å². The number of primary sulfonamides is 1. The van der Waals surface area contributed by atoms with E-state index >= 15 is 0 Å². The largest absolute Gasteiger partial charge is 0.435 e. The summed E-state index contributed by atoms with van der Waals surface area (Å²) in [5.41, 5.74) is 9.18. The van der Waals surface area contributed by atoms with Gasteiger partial charge in [0.2, 0.25) is 10.0 Å². The number of hydrogen-bond acceptors (Lipinski definition) is 4. The van der Waals surface area contributed by atoms with E-state index in [1.54, 1.807) is 12.1 Å². The van der Waals surface area contributed by atoms with Crippen molar-refractivity contribution < 1.29 is 21.6 Å². The maximum absolute atomic E-state index is 13.3. The van der Waals surface area contributed by atoms with Crippen LogP contribution < -0.4 is 5.14 Å². The van der Waals surface area contributed by atoms with Crippen LogP contribution >= 0.6 is 0 Å². The molecule has 0 radical (unpaired) electrons. The Morgan fingerprint density at radius 1 is 1.06 bits per heavy atom. The van der Waals surface area contributed by atoms with E-state index in [1.165, 1.54) is 24.3 Å². The smallest absolute Gasteiger partial charge is 0.233 e. The molecule has 1 aromatic heterocycles. The van der Waals surface area contributed by atoms with Crippen molar-refractivity contribution in [3.05, 3.63) is 76.3 Å². The van der Waals surface area contributed by atoms with Crippen LogP contribution in [0.25, 0.3) is 27.4 Å². The molecule has 2 N–H and O–H groups in total. The van der Waals surface area contributed by atoms with E-state index in [4.69, 9.17) is 10.7 Å². The highest BCUT2D eigenvalue weighted by molar-refractivity contribution is 7.89. The fourth-order valence-corrected chi connectivity index (χ4v) is 3.61. The van der Waals surface area contributed by atoms with Gasteiger partial charge in [0.15, 0.2) is 5.69 Å². The minimum Gasteiger partial charge on any atom is -0.233 e. The van der Waals surface area contributed by atoms with Gasteiger partial charge < -0.3 is 0 Å². The van der Waals surface area contributed by atoms with Crippen molar-refractivity contribution in [2.75, 3.05) is 6.54 Å². The lowest BCUT2D eigenvalue weighted by Gasteiger charge is -2.09. The maximum atomic E-state index is 13.3. The van der Waals surface area contributed by atoms with Crippen LogP contribution in [0, 0.1) is 0 Å². The fourth-order valence-electron chi connectivity index (χ4n) is 3.10. The Hall–Kier alpha value is -3.34. The number of alkyl halides is 3. The van der Waals surface area contributed by atoms with E-state index in [-0.39, 0.29) is 16.3 Å². The van der Waals surface area contributed by atoms with Gasteiger partial charge in [-0.05, 0) is 60.7 Å².